The fourth-order valence-corrected chi connectivity index (χ4v) is 1.64. The van der Waals surface area contributed by atoms with Crippen LogP contribution >= 0.6 is 11.6 Å². The van der Waals surface area contributed by atoms with Crippen LogP contribution in [0.1, 0.15) is 11.1 Å². The Morgan fingerprint density at radius 1 is 1.12 bits per heavy atom. The van der Waals surface area contributed by atoms with Crippen LogP contribution in [0, 0.1) is 13.8 Å². The molecule has 2 aromatic rings. The molecule has 0 radical (unpaired) electrons. The van der Waals surface area contributed by atoms with Crippen molar-refractivity contribution in [1.82, 2.24) is 9.97 Å². The number of aryl methyl sites for hydroxylation is 2. The molecule has 0 aliphatic carbocycles. The van der Waals surface area contributed by atoms with Gasteiger partial charge in [-0.1, -0.05) is 11.6 Å². The van der Waals surface area contributed by atoms with Crippen molar-refractivity contribution in [3.8, 4) is 0 Å². The molecule has 0 unspecified atom stereocenters. The van der Waals surface area contributed by atoms with E-state index in [9.17, 15) is 0 Å². The minimum Gasteiger partial charge on any atom is -0.397 e. The highest BCUT2D eigenvalue weighted by atomic mass is 35.5. The molecule has 0 spiro atoms. The largest absolute Gasteiger partial charge is 0.397 e. The molecule has 0 aromatic carbocycles. The minimum absolute atomic E-state index is 0.481. The Morgan fingerprint density at radius 3 is 2.53 bits per heavy atom. The zero-order valence-electron chi connectivity index (χ0n) is 9.66. The highest BCUT2D eigenvalue weighted by molar-refractivity contribution is 6.29. The van der Waals surface area contributed by atoms with Crippen molar-refractivity contribution >= 4 is 28.8 Å². The highest BCUT2D eigenvalue weighted by Crippen LogP contribution is 2.22. The van der Waals surface area contributed by atoms with Gasteiger partial charge in [0.05, 0.1) is 23.8 Å². The van der Waals surface area contributed by atoms with Crippen LogP contribution in [0.25, 0.3) is 0 Å². The number of nitrogens with two attached hydrogens (primary N) is 1. The molecule has 2 aromatic heterocycles. The summed E-state index contributed by atoms with van der Waals surface area (Å²) in [5.41, 5.74) is 9.28. The summed E-state index contributed by atoms with van der Waals surface area (Å²) in [7, 11) is 0. The van der Waals surface area contributed by atoms with Gasteiger partial charge in [0.2, 0.25) is 0 Å². The number of nitrogens with one attached hydrogen (secondary N) is 1. The first-order valence-electron chi connectivity index (χ1n) is 5.17. The second kappa shape index (κ2) is 4.59. The number of hydrogen-bond donors (Lipinski definition) is 2. The van der Waals surface area contributed by atoms with Gasteiger partial charge in [-0.25, -0.2) is 9.97 Å². The first-order chi connectivity index (χ1) is 8.06. The van der Waals surface area contributed by atoms with Gasteiger partial charge in [-0.3, -0.25) is 0 Å². The van der Waals surface area contributed by atoms with E-state index in [0.29, 0.717) is 10.8 Å². The zero-order chi connectivity index (χ0) is 12.4. The normalized spacial score (nSPS) is 10.3. The quantitative estimate of drug-likeness (QED) is 0.802. The van der Waals surface area contributed by atoms with E-state index in [1.165, 1.54) is 0 Å². The molecule has 17 heavy (non-hydrogen) atoms. The topological polar surface area (TPSA) is 63.8 Å². The van der Waals surface area contributed by atoms with Crippen molar-refractivity contribution in [2.75, 3.05) is 11.1 Å². The number of anilines is 3. The van der Waals surface area contributed by atoms with Gasteiger partial charge in [-0.2, -0.15) is 0 Å². The van der Waals surface area contributed by atoms with Gasteiger partial charge in [0.1, 0.15) is 11.0 Å². The van der Waals surface area contributed by atoms with E-state index in [1.807, 2.05) is 19.9 Å². The molecule has 3 N–H and O–H groups in total. The molecular weight excluding hydrogens is 236 g/mol. The molecule has 2 rings (SSSR count). The predicted molar refractivity (Wildman–Crippen MR) is 70.7 cm³/mol. The summed E-state index contributed by atoms with van der Waals surface area (Å²) in [5.74, 6) is 0.740. The maximum absolute atomic E-state index is 5.79. The number of halogens is 1. The lowest BCUT2D eigenvalue weighted by molar-refractivity contribution is 1.24. The average Bonchev–Trinajstić information content (AvgIpc) is 2.27. The summed E-state index contributed by atoms with van der Waals surface area (Å²) in [6.07, 6.45) is 3.32. The first-order valence-corrected chi connectivity index (χ1v) is 5.55. The summed E-state index contributed by atoms with van der Waals surface area (Å²) in [5, 5.41) is 3.66. The molecular formula is C12H13ClN4. The molecule has 0 saturated heterocycles. The Balaban J connectivity index is 2.28. The Morgan fingerprint density at radius 2 is 1.88 bits per heavy atom. The maximum atomic E-state index is 5.79. The standard InChI is InChI=1S/C12H13ClN4/c1-7-4-12(16-5-9(7)14)17-10-6-15-11(13)3-8(10)2/h3-6H,14H2,1-2H3,(H,16,17). The lowest BCUT2D eigenvalue weighted by atomic mass is 10.2. The number of nitrogens with zero attached hydrogens (tertiary/aromatic N) is 2. The summed E-state index contributed by atoms with van der Waals surface area (Å²) in [6, 6.07) is 3.69. The summed E-state index contributed by atoms with van der Waals surface area (Å²) in [6.45, 7) is 3.90. The maximum Gasteiger partial charge on any atom is 0.130 e. The number of aromatic nitrogens is 2. The van der Waals surface area contributed by atoms with Crippen LogP contribution < -0.4 is 11.1 Å². The highest BCUT2D eigenvalue weighted by Gasteiger charge is 2.03. The Hall–Kier alpha value is -1.81. The van der Waals surface area contributed by atoms with Crippen LogP contribution in [-0.4, -0.2) is 9.97 Å². The predicted octanol–water partition coefficient (Wildman–Crippen LogP) is 3.07. The van der Waals surface area contributed by atoms with Crippen molar-refractivity contribution in [2.24, 2.45) is 0 Å². The molecule has 0 bridgehead atoms. The second-order valence-corrected chi connectivity index (χ2v) is 4.26. The van der Waals surface area contributed by atoms with Gasteiger partial charge in [0, 0.05) is 0 Å². The van der Waals surface area contributed by atoms with Crippen molar-refractivity contribution in [3.63, 3.8) is 0 Å². The van der Waals surface area contributed by atoms with E-state index < -0.39 is 0 Å². The Bertz CT molecular complexity index is 554. The Labute approximate surface area is 105 Å². The van der Waals surface area contributed by atoms with Gasteiger partial charge in [-0.05, 0) is 37.1 Å². The van der Waals surface area contributed by atoms with E-state index in [1.54, 1.807) is 18.5 Å². The van der Waals surface area contributed by atoms with Gasteiger partial charge < -0.3 is 11.1 Å². The van der Waals surface area contributed by atoms with Crippen molar-refractivity contribution in [1.29, 1.82) is 0 Å². The van der Waals surface area contributed by atoms with Gasteiger partial charge >= 0.3 is 0 Å². The fraction of sp³-hybridized carbons (Fsp3) is 0.167. The zero-order valence-corrected chi connectivity index (χ0v) is 10.4. The minimum atomic E-state index is 0.481. The third kappa shape index (κ3) is 2.65. The third-order valence-corrected chi connectivity index (χ3v) is 2.70. The molecule has 88 valence electrons. The molecule has 0 amide bonds. The molecule has 0 saturated carbocycles. The molecule has 0 fully saturated rings. The number of hydrogen-bond acceptors (Lipinski definition) is 4. The van der Waals surface area contributed by atoms with Crippen LogP contribution in [0.5, 0.6) is 0 Å². The van der Waals surface area contributed by atoms with E-state index >= 15 is 0 Å². The van der Waals surface area contributed by atoms with Gasteiger partial charge in [-0.15, -0.1) is 0 Å². The van der Waals surface area contributed by atoms with Crippen molar-refractivity contribution < 1.29 is 0 Å². The summed E-state index contributed by atoms with van der Waals surface area (Å²) < 4.78 is 0. The number of nitrogen functional groups attached to an aromatic ring is 1. The molecule has 2 heterocycles. The van der Waals surface area contributed by atoms with Crippen LogP contribution in [0.15, 0.2) is 24.5 Å². The second-order valence-electron chi connectivity index (χ2n) is 3.87. The first kappa shape index (κ1) is 11.7. The summed E-state index contributed by atoms with van der Waals surface area (Å²) in [4.78, 5) is 8.23. The van der Waals surface area contributed by atoms with Crippen molar-refractivity contribution in [3.05, 3.63) is 40.8 Å². The third-order valence-electron chi connectivity index (χ3n) is 2.49. The smallest absolute Gasteiger partial charge is 0.130 e. The van der Waals surface area contributed by atoms with Gasteiger partial charge in [0.25, 0.3) is 0 Å². The van der Waals surface area contributed by atoms with E-state index in [0.717, 1.165) is 22.6 Å². The number of pyridine rings is 2. The van der Waals surface area contributed by atoms with E-state index in [-0.39, 0.29) is 0 Å². The van der Waals surface area contributed by atoms with Crippen molar-refractivity contribution in [2.45, 2.75) is 13.8 Å². The lowest BCUT2D eigenvalue weighted by Gasteiger charge is -2.09. The van der Waals surface area contributed by atoms with E-state index in [4.69, 9.17) is 17.3 Å². The van der Waals surface area contributed by atoms with Crippen LogP contribution in [0.3, 0.4) is 0 Å². The average molecular weight is 249 g/mol. The molecule has 5 heteroatoms. The SMILES string of the molecule is Cc1cc(Nc2cnc(Cl)cc2C)ncc1N. The molecule has 0 aliphatic rings. The molecule has 4 nitrogen and oxygen atoms in total. The van der Waals surface area contributed by atoms with Crippen LogP contribution in [0.2, 0.25) is 5.15 Å². The monoisotopic (exact) mass is 248 g/mol. The lowest BCUT2D eigenvalue weighted by Crippen LogP contribution is -1.99. The van der Waals surface area contributed by atoms with Crippen LogP contribution in [-0.2, 0) is 0 Å². The van der Waals surface area contributed by atoms with E-state index in [2.05, 4.69) is 15.3 Å². The summed E-state index contributed by atoms with van der Waals surface area (Å²) >= 11 is 5.79. The van der Waals surface area contributed by atoms with Gasteiger partial charge in [0.15, 0.2) is 0 Å². The molecule has 0 aliphatic heterocycles. The Kier molecular flexibility index (Phi) is 3.15. The fourth-order valence-electron chi connectivity index (χ4n) is 1.43. The van der Waals surface area contributed by atoms with Crippen LogP contribution in [0.4, 0.5) is 17.2 Å². The molecule has 0 atom stereocenters. The number of rotatable bonds is 2.